The maximum atomic E-state index is 13.2. The Kier molecular flexibility index (Phi) is 5.18. The number of carbonyl (C=O) groups is 2. The van der Waals surface area contributed by atoms with Crippen molar-refractivity contribution in [2.24, 2.45) is 17.8 Å². The van der Waals surface area contributed by atoms with Crippen molar-refractivity contribution in [1.82, 2.24) is 0 Å². The molecule has 1 aromatic carbocycles. The number of rotatable bonds is 4. The Hall–Kier alpha value is -1.23. The van der Waals surface area contributed by atoms with Crippen molar-refractivity contribution in [3.8, 4) is 5.75 Å². The highest BCUT2D eigenvalue weighted by atomic mass is 35.5. The van der Waals surface area contributed by atoms with Gasteiger partial charge in [0.05, 0.1) is 15.1 Å². The molecular weight excluding hydrogens is 423 g/mol. The highest BCUT2D eigenvalue weighted by Crippen LogP contribution is 2.57. The van der Waals surface area contributed by atoms with Crippen molar-refractivity contribution >= 4 is 46.7 Å². The van der Waals surface area contributed by atoms with Gasteiger partial charge >= 0.3 is 11.9 Å². The molecule has 4 aliphatic rings. The molecule has 150 valence electrons. The molecular formula is C21H21Cl3O4. The van der Waals surface area contributed by atoms with E-state index in [0.717, 1.165) is 19.3 Å². The van der Waals surface area contributed by atoms with Gasteiger partial charge in [-0.15, -0.1) is 0 Å². The largest absolute Gasteiger partial charge is 0.455 e. The molecule has 4 nitrogen and oxygen atoms in total. The summed E-state index contributed by atoms with van der Waals surface area (Å²) in [6.45, 7) is 5.05. The van der Waals surface area contributed by atoms with E-state index < -0.39 is 17.5 Å². The molecule has 0 spiro atoms. The number of benzene rings is 1. The van der Waals surface area contributed by atoms with Crippen molar-refractivity contribution in [2.75, 3.05) is 0 Å². The Labute approximate surface area is 179 Å². The fraction of sp³-hybridized carbons (Fsp3) is 0.524. The van der Waals surface area contributed by atoms with Crippen LogP contribution in [-0.4, -0.2) is 17.5 Å². The molecule has 5 rings (SSSR count). The molecule has 4 aliphatic carbocycles. The average molecular weight is 444 g/mol. The van der Waals surface area contributed by atoms with Gasteiger partial charge in [-0.05, 0) is 69.3 Å². The second-order valence-corrected chi connectivity index (χ2v) is 9.71. The minimum Gasteiger partial charge on any atom is -0.455 e. The molecule has 0 atom stereocenters. The van der Waals surface area contributed by atoms with E-state index in [9.17, 15) is 9.59 Å². The molecule has 28 heavy (non-hydrogen) atoms. The topological polar surface area (TPSA) is 52.6 Å². The molecule has 0 saturated heterocycles. The van der Waals surface area contributed by atoms with Crippen LogP contribution >= 0.6 is 34.8 Å². The van der Waals surface area contributed by atoms with E-state index in [1.807, 2.05) is 0 Å². The third-order valence-electron chi connectivity index (χ3n) is 6.17. The minimum absolute atomic E-state index is 0.0152. The summed E-state index contributed by atoms with van der Waals surface area (Å²) < 4.78 is 11.4. The monoisotopic (exact) mass is 442 g/mol. The second-order valence-electron chi connectivity index (χ2n) is 8.52. The molecule has 1 aromatic rings. The van der Waals surface area contributed by atoms with Crippen LogP contribution in [0.25, 0.3) is 0 Å². The lowest BCUT2D eigenvalue weighted by Gasteiger charge is -2.55. The fourth-order valence-corrected chi connectivity index (χ4v) is 6.16. The summed E-state index contributed by atoms with van der Waals surface area (Å²) in [5.41, 5.74) is -0.411. The van der Waals surface area contributed by atoms with Crippen LogP contribution in [0.3, 0.4) is 0 Å². The molecule has 7 heteroatoms. The highest BCUT2D eigenvalue weighted by molar-refractivity contribution is 6.45. The van der Waals surface area contributed by atoms with Gasteiger partial charge in [0.25, 0.3) is 0 Å². The van der Waals surface area contributed by atoms with E-state index in [4.69, 9.17) is 44.3 Å². The summed E-state index contributed by atoms with van der Waals surface area (Å²) in [5.74, 6) is 0.332. The van der Waals surface area contributed by atoms with E-state index in [2.05, 4.69) is 6.58 Å². The fourth-order valence-electron chi connectivity index (χ4n) is 5.44. The zero-order chi connectivity index (χ0) is 20.2. The summed E-state index contributed by atoms with van der Waals surface area (Å²) in [6.07, 6.45) is 6.29. The van der Waals surface area contributed by atoms with Crippen LogP contribution in [-0.2, 0) is 9.53 Å². The Morgan fingerprint density at radius 3 is 2.07 bits per heavy atom. The molecule has 0 aliphatic heterocycles. The second kappa shape index (κ2) is 7.23. The summed E-state index contributed by atoms with van der Waals surface area (Å²) in [5, 5.41) is 0.0750. The van der Waals surface area contributed by atoms with Crippen LogP contribution in [0.4, 0.5) is 0 Å². The zero-order valence-electron chi connectivity index (χ0n) is 15.5. The Morgan fingerprint density at radius 1 is 1.04 bits per heavy atom. The van der Waals surface area contributed by atoms with Crippen LogP contribution in [0.5, 0.6) is 5.75 Å². The third kappa shape index (κ3) is 3.55. The summed E-state index contributed by atoms with van der Waals surface area (Å²) in [7, 11) is 0. The maximum absolute atomic E-state index is 13.2. The number of esters is 2. The normalized spacial score (nSPS) is 30.2. The number of hydrogen-bond donors (Lipinski definition) is 0. The molecule has 4 bridgehead atoms. The van der Waals surface area contributed by atoms with Crippen LogP contribution < -0.4 is 4.74 Å². The lowest BCUT2D eigenvalue weighted by atomic mass is 9.54. The Balaban J connectivity index is 1.67. The average Bonchev–Trinajstić information content (AvgIpc) is 2.57. The lowest BCUT2D eigenvalue weighted by molar-refractivity contribution is -0.131. The van der Waals surface area contributed by atoms with E-state index >= 15 is 0 Å². The third-order valence-corrected chi connectivity index (χ3v) is 7.23. The van der Waals surface area contributed by atoms with Gasteiger partial charge in [-0.3, -0.25) is 0 Å². The first-order chi connectivity index (χ1) is 13.2. The van der Waals surface area contributed by atoms with Gasteiger partial charge in [0, 0.05) is 5.57 Å². The van der Waals surface area contributed by atoms with E-state index in [0.29, 0.717) is 17.8 Å². The van der Waals surface area contributed by atoms with E-state index in [1.165, 1.54) is 32.3 Å². The van der Waals surface area contributed by atoms with Gasteiger partial charge in [-0.25, -0.2) is 9.59 Å². The van der Waals surface area contributed by atoms with E-state index in [1.54, 1.807) is 0 Å². The molecule has 0 N–H and O–H groups in total. The SMILES string of the molecule is C=C(C)C(=O)Oc1c(Cl)cc(Cl)c(Cl)c1C(=O)OC12CC3CC(CC(C3)C1)C2. The molecule has 0 radical (unpaired) electrons. The number of ether oxygens (including phenoxy) is 2. The quantitative estimate of drug-likeness (QED) is 0.239. The first kappa shape index (κ1) is 20.1. The van der Waals surface area contributed by atoms with Crippen molar-refractivity contribution in [3.63, 3.8) is 0 Å². The molecule has 0 unspecified atom stereocenters. The molecule has 0 amide bonds. The molecule has 0 aromatic heterocycles. The van der Waals surface area contributed by atoms with Crippen LogP contribution in [0.15, 0.2) is 18.2 Å². The van der Waals surface area contributed by atoms with Crippen molar-refractivity contribution in [2.45, 2.75) is 51.0 Å². The van der Waals surface area contributed by atoms with Crippen molar-refractivity contribution in [1.29, 1.82) is 0 Å². The van der Waals surface area contributed by atoms with Gasteiger partial charge < -0.3 is 9.47 Å². The summed E-state index contributed by atoms with van der Waals surface area (Å²) in [4.78, 5) is 25.2. The van der Waals surface area contributed by atoms with Gasteiger partial charge in [0.2, 0.25) is 0 Å². The maximum Gasteiger partial charge on any atom is 0.344 e. The number of hydrogen-bond acceptors (Lipinski definition) is 4. The molecule has 4 fully saturated rings. The number of carbonyl (C=O) groups excluding carboxylic acids is 2. The molecule has 4 saturated carbocycles. The first-order valence-electron chi connectivity index (χ1n) is 9.46. The Bertz CT molecular complexity index is 842. The standard InChI is InChI=1S/C21H21Cl3O4/c1-10(2)19(25)27-18-15(23)6-14(22)17(24)16(18)20(26)28-21-7-11-3-12(8-21)5-13(4-11)9-21/h6,11-13H,1,3-5,7-9H2,2H3. The van der Waals surface area contributed by atoms with E-state index in [-0.39, 0.29) is 32.0 Å². The lowest BCUT2D eigenvalue weighted by Crippen LogP contribution is -2.52. The molecule has 0 heterocycles. The zero-order valence-corrected chi connectivity index (χ0v) is 17.8. The minimum atomic E-state index is -0.704. The predicted molar refractivity (Wildman–Crippen MR) is 108 cm³/mol. The smallest absolute Gasteiger partial charge is 0.344 e. The van der Waals surface area contributed by atoms with Crippen molar-refractivity contribution < 1.29 is 19.1 Å². The Morgan fingerprint density at radius 2 is 1.57 bits per heavy atom. The summed E-state index contributed by atoms with van der Waals surface area (Å²) in [6, 6.07) is 1.34. The van der Waals surface area contributed by atoms with Crippen LogP contribution in [0, 0.1) is 17.8 Å². The van der Waals surface area contributed by atoms with Gasteiger partial charge in [-0.1, -0.05) is 41.4 Å². The van der Waals surface area contributed by atoms with Crippen LogP contribution in [0.1, 0.15) is 55.8 Å². The summed E-state index contributed by atoms with van der Waals surface area (Å²) >= 11 is 18.7. The van der Waals surface area contributed by atoms with Crippen molar-refractivity contribution in [3.05, 3.63) is 38.8 Å². The van der Waals surface area contributed by atoms with Gasteiger partial charge in [0.15, 0.2) is 5.75 Å². The highest BCUT2D eigenvalue weighted by Gasteiger charge is 2.53. The first-order valence-corrected chi connectivity index (χ1v) is 10.6. The van der Waals surface area contributed by atoms with Crippen LogP contribution in [0.2, 0.25) is 15.1 Å². The number of halogens is 3. The predicted octanol–water partition coefficient (Wildman–Crippen LogP) is 6.25. The van der Waals surface area contributed by atoms with Gasteiger partial charge in [0.1, 0.15) is 11.2 Å². The van der Waals surface area contributed by atoms with Gasteiger partial charge in [-0.2, -0.15) is 0 Å².